The molecular formula is C18H21FN2O2. The van der Waals surface area contributed by atoms with Gasteiger partial charge in [-0.1, -0.05) is 24.3 Å². The van der Waals surface area contributed by atoms with Crippen molar-refractivity contribution in [1.29, 1.82) is 0 Å². The smallest absolute Gasteiger partial charge is 0.234 e. The molecule has 0 radical (unpaired) electrons. The summed E-state index contributed by atoms with van der Waals surface area (Å²) in [7, 11) is 1.64. The summed E-state index contributed by atoms with van der Waals surface area (Å²) in [5, 5.41) is 5.90. The second-order valence-corrected chi connectivity index (χ2v) is 5.18. The first-order chi connectivity index (χ1) is 11.2. The third-order valence-corrected chi connectivity index (χ3v) is 3.44. The second kappa shape index (κ2) is 8.90. The highest BCUT2D eigenvalue weighted by Crippen LogP contribution is 2.11. The van der Waals surface area contributed by atoms with E-state index in [2.05, 4.69) is 10.6 Å². The Morgan fingerprint density at radius 2 is 1.70 bits per heavy atom. The highest BCUT2D eigenvalue weighted by Gasteiger charge is 2.01. The van der Waals surface area contributed by atoms with Gasteiger partial charge in [0, 0.05) is 6.54 Å². The summed E-state index contributed by atoms with van der Waals surface area (Å²) < 4.78 is 17.9. The number of halogens is 1. The maximum atomic E-state index is 12.8. The van der Waals surface area contributed by atoms with Crippen LogP contribution in [0.1, 0.15) is 11.1 Å². The van der Waals surface area contributed by atoms with Gasteiger partial charge in [-0.15, -0.1) is 0 Å². The first-order valence-electron chi connectivity index (χ1n) is 7.52. The fraction of sp³-hybridized carbons (Fsp3) is 0.278. The van der Waals surface area contributed by atoms with E-state index in [9.17, 15) is 9.18 Å². The van der Waals surface area contributed by atoms with Crippen molar-refractivity contribution < 1.29 is 13.9 Å². The van der Waals surface area contributed by atoms with Gasteiger partial charge in [-0.25, -0.2) is 4.39 Å². The second-order valence-electron chi connectivity index (χ2n) is 5.18. The van der Waals surface area contributed by atoms with E-state index in [1.165, 1.54) is 17.7 Å². The van der Waals surface area contributed by atoms with Crippen molar-refractivity contribution in [3.63, 3.8) is 0 Å². The molecule has 4 nitrogen and oxygen atoms in total. The van der Waals surface area contributed by atoms with E-state index in [1.807, 2.05) is 24.3 Å². The zero-order chi connectivity index (χ0) is 16.5. The molecule has 0 heterocycles. The summed E-state index contributed by atoms with van der Waals surface area (Å²) >= 11 is 0. The van der Waals surface area contributed by atoms with Gasteiger partial charge in [-0.05, 0) is 48.4 Å². The number of nitrogens with one attached hydrogen (secondary N) is 2. The predicted molar refractivity (Wildman–Crippen MR) is 87.8 cm³/mol. The zero-order valence-corrected chi connectivity index (χ0v) is 13.1. The fourth-order valence-electron chi connectivity index (χ4n) is 2.09. The normalized spacial score (nSPS) is 10.3. The minimum atomic E-state index is -0.278. The Bertz CT molecular complexity index is 612. The van der Waals surface area contributed by atoms with Crippen molar-refractivity contribution >= 4 is 5.91 Å². The van der Waals surface area contributed by atoms with E-state index in [0.29, 0.717) is 6.54 Å². The number of rotatable bonds is 8. The SMILES string of the molecule is COc1ccc(CCNCC(=O)NCc2ccc(F)cc2)cc1. The molecular weight excluding hydrogens is 295 g/mol. The molecule has 0 saturated heterocycles. The Balaban J connectivity index is 1.61. The van der Waals surface area contributed by atoms with Crippen LogP contribution in [0.2, 0.25) is 0 Å². The lowest BCUT2D eigenvalue weighted by atomic mass is 10.1. The molecule has 0 saturated carbocycles. The molecule has 2 aromatic rings. The lowest BCUT2D eigenvalue weighted by molar-refractivity contribution is -0.120. The van der Waals surface area contributed by atoms with Gasteiger partial charge >= 0.3 is 0 Å². The molecule has 0 spiro atoms. The van der Waals surface area contributed by atoms with Crippen LogP contribution in [0.5, 0.6) is 5.75 Å². The number of carbonyl (C=O) groups excluding carboxylic acids is 1. The lowest BCUT2D eigenvalue weighted by Crippen LogP contribution is -2.34. The molecule has 0 aliphatic rings. The number of ether oxygens (including phenoxy) is 1. The summed E-state index contributed by atoms with van der Waals surface area (Å²) in [6.07, 6.45) is 0.842. The lowest BCUT2D eigenvalue weighted by Gasteiger charge is -2.07. The van der Waals surface area contributed by atoms with Crippen molar-refractivity contribution in [3.05, 3.63) is 65.5 Å². The van der Waals surface area contributed by atoms with E-state index in [-0.39, 0.29) is 18.3 Å². The summed E-state index contributed by atoms with van der Waals surface area (Å²) in [5.41, 5.74) is 2.06. The van der Waals surface area contributed by atoms with Gasteiger partial charge in [-0.3, -0.25) is 4.79 Å². The summed E-state index contributed by atoms with van der Waals surface area (Å²) in [4.78, 5) is 11.7. The van der Waals surface area contributed by atoms with Crippen LogP contribution in [0.3, 0.4) is 0 Å². The molecule has 0 unspecified atom stereocenters. The zero-order valence-electron chi connectivity index (χ0n) is 13.1. The van der Waals surface area contributed by atoms with Crippen LogP contribution in [0.15, 0.2) is 48.5 Å². The fourth-order valence-corrected chi connectivity index (χ4v) is 2.09. The number of benzene rings is 2. The number of hydrogen-bond acceptors (Lipinski definition) is 3. The molecule has 0 aliphatic carbocycles. The molecule has 1 amide bonds. The van der Waals surface area contributed by atoms with Crippen LogP contribution in [0, 0.1) is 5.82 Å². The van der Waals surface area contributed by atoms with Crippen LogP contribution >= 0.6 is 0 Å². The Labute approximate surface area is 135 Å². The quantitative estimate of drug-likeness (QED) is 0.735. The van der Waals surface area contributed by atoms with Crippen LogP contribution in [0.4, 0.5) is 4.39 Å². The Morgan fingerprint density at radius 1 is 1.04 bits per heavy atom. The number of hydrogen-bond donors (Lipinski definition) is 2. The van der Waals surface area contributed by atoms with Crippen LogP contribution < -0.4 is 15.4 Å². The highest BCUT2D eigenvalue weighted by molar-refractivity contribution is 5.77. The van der Waals surface area contributed by atoms with Crippen molar-refractivity contribution in [2.45, 2.75) is 13.0 Å². The van der Waals surface area contributed by atoms with Crippen LogP contribution in [-0.4, -0.2) is 26.1 Å². The van der Waals surface area contributed by atoms with Crippen molar-refractivity contribution in [2.24, 2.45) is 0 Å². The maximum absolute atomic E-state index is 12.8. The molecule has 0 fully saturated rings. The average molecular weight is 316 g/mol. The monoisotopic (exact) mass is 316 g/mol. The van der Waals surface area contributed by atoms with E-state index >= 15 is 0 Å². The van der Waals surface area contributed by atoms with Gasteiger partial charge in [0.1, 0.15) is 11.6 Å². The van der Waals surface area contributed by atoms with Gasteiger partial charge in [0.25, 0.3) is 0 Å². The molecule has 2 N–H and O–H groups in total. The number of methoxy groups -OCH3 is 1. The third kappa shape index (κ3) is 6.08. The first kappa shape index (κ1) is 17.0. The van der Waals surface area contributed by atoms with E-state index in [4.69, 9.17) is 4.74 Å². The topological polar surface area (TPSA) is 50.4 Å². The van der Waals surface area contributed by atoms with Crippen LogP contribution in [0.25, 0.3) is 0 Å². The Kier molecular flexibility index (Phi) is 6.56. The number of carbonyl (C=O) groups is 1. The van der Waals surface area contributed by atoms with Crippen molar-refractivity contribution in [2.75, 3.05) is 20.2 Å². The van der Waals surface area contributed by atoms with Crippen LogP contribution in [-0.2, 0) is 17.8 Å². The minimum absolute atomic E-state index is 0.0796. The number of amides is 1. The van der Waals surface area contributed by atoms with E-state index < -0.39 is 0 Å². The van der Waals surface area contributed by atoms with Gasteiger partial charge in [-0.2, -0.15) is 0 Å². The average Bonchev–Trinajstić information content (AvgIpc) is 2.59. The minimum Gasteiger partial charge on any atom is -0.497 e. The van der Waals surface area contributed by atoms with Crippen molar-refractivity contribution in [1.82, 2.24) is 10.6 Å². The summed E-state index contributed by atoms with van der Waals surface area (Å²) in [6.45, 7) is 1.38. The molecule has 122 valence electrons. The third-order valence-electron chi connectivity index (χ3n) is 3.44. The van der Waals surface area contributed by atoms with Gasteiger partial charge in [0.15, 0.2) is 0 Å². The van der Waals surface area contributed by atoms with Crippen molar-refractivity contribution in [3.8, 4) is 5.75 Å². The molecule has 5 heteroatoms. The standard InChI is InChI=1S/C18H21FN2O2/c1-23-17-8-4-14(5-9-17)10-11-20-13-18(22)21-12-15-2-6-16(19)7-3-15/h2-9,20H,10-13H2,1H3,(H,21,22). The van der Waals surface area contributed by atoms with Gasteiger partial charge < -0.3 is 15.4 Å². The summed E-state index contributed by atoms with van der Waals surface area (Å²) in [5.74, 6) is 0.478. The molecule has 2 aromatic carbocycles. The molecule has 0 aliphatic heterocycles. The largest absolute Gasteiger partial charge is 0.497 e. The molecule has 23 heavy (non-hydrogen) atoms. The Morgan fingerprint density at radius 3 is 2.35 bits per heavy atom. The molecule has 2 rings (SSSR count). The van der Waals surface area contributed by atoms with E-state index in [0.717, 1.165) is 24.3 Å². The Hall–Kier alpha value is -2.40. The molecule has 0 aromatic heterocycles. The maximum Gasteiger partial charge on any atom is 0.234 e. The van der Waals surface area contributed by atoms with E-state index in [1.54, 1.807) is 19.2 Å². The summed E-state index contributed by atoms with van der Waals surface area (Å²) in [6, 6.07) is 13.9. The molecule has 0 atom stereocenters. The predicted octanol–water partition coefficient (Wildman–Crippen LogP) is 2.28. The van der Waals surface area contributed by atoms with Gasteiger partial charge in [0.05, 0.1) is 13.7 Å². The highest BCUT2D eigenvalue weighted by atomic mass is 19.1. The molecule has 0 bridgehead atoms. The first-order valence-corrected chi connectivity index (χ1v) is 7.52. The van der Waals surface area contributed by atoms with Gasteiger partial charge in [0.2, 0.25) is 5.91 Å².